The van der Waals surface area contributed by atoms with Gasteiger partial charge in [-0.15, -0.1) is 13.2 Å². The lowest BCUT2D eigenvalue weighted by molar-refractivity contribution is -0.274. The monoisotopic (exact) mass is 361 g/mol. The Morgan fingerprint density at radius 1 is 1.32 bits per heavy atom. The zero-order valence-corrected chi connectivity index (χ0v) is 12.2. The summed E-state index contributed by atoms with van der Waals surface area (Å²) in [6.45, 7) is 1.68. The van der Waals surface area contributed by atoms with Crippen LogP contribution in [0.3, 0.4) is 0 Å². The molecule has 9 heteroatoms. The van der Waals surface area contributed by atoms with Crippen molar-refractivity contribution in [3.05, 3.63) is 22.7 Å². The molecule has 0 atom stereocenters. The van der Waals surface area contributed by atoms with Crippen LogP contribution in [0.5, 0.6) is 5.75 Å². The van der Waals surface area contributed by atoms with Crippen molar-refractivity contribution in [1.29, 1.82) is 0 Å². The van der Waals surface area contributed by atoms with Crippen LogP contribution in [-0.4, -0.2) is 20.5 Å². The number of hydrogen-bond acceptors (Lipinski definition) is 3. The molecule has 0 saturated carbocycles. The Kier molecular flexibility index (Phi) is 5.08. The van der Waals surface area contributed by atoms with Gasteiger partial charge in [0.1, 0.15) is 5.75 Å². The highest BCUT2D eigenvalue weighted by atomic mass is 79.9. The number of nitrogens with one attached hydrogen (secondary N) is 1. The molecule has 19 heavy (non-hydrogen) atoms. The summed E-state index contributed by atoms with van der Waals surface area (Å²) in [4.78, 5) is 0. The molecule has 1 rings (SSSR count). The van der Waals surface area contributed by atoms with E-state index in [0.717, 1.165) is 12.1 Å². The number of ether oxygens (including phenoxy) is 1. The standard InChI is InChI=1S/C10H11BrF3NO3S/c1-2-3-19(16,17)15-8-4-7(11)5-9(6-8)18-10(12,13)14/h4-6,15H,2-3H2,1H3. The van der Waals surface area contributed by atoms with E-state index >= 15 is 0 Å². The summed E-state index contributed by atoms with van der Waals surface area (Å²) in [5.41, 5.74) is 0.00192. The van der Waals surface area contributed by atoms with E-state index < -0.39 is 22.1 Å². The number of sulfonamides is 1. The van der Waals surface area contributed by atoms with Crippen molar-refractivity contribution >= 4 is 31.6 Å². The fourth-order valence-corrected chi connectivity index (χ4v) is 2.90. The average molecular weight is 362 g/mol. The maximum absolute atomic E-state index is 12.1. The Balaban J connectivity index is 2.97. The normalized spacial score (nSPS) is 12.3. The molecule has 0 aliphatic rings. The van der Waals surface area contributed by atoms with Gasteiger partial charge >= 0.3 is 6.36 Å². The van der Waals surface area contributed by atoms with Crippen molar-refractivity contribution in [3.63, 3.8) is 0 Å². The zero-order chi connectivity index (χ0) is 14.7. The molecule has 0 spiro atoms. The Labute approximate surface area is 117 Å². The van der Waals surface area contributed by atoms with Crippen LogP contribution in [0, 0.1) is 0 Å². The number of halogens is 4. The number of hydrogen-bond donors (Lipinski definition) is 1. The van der Waals surface area contributed by atoms with Gasteiger partial charge in [0.25, 0.3) is 0 Å². The first kappa shape index (κ1) is 16.1. The third kappa shape index (κ3) is 6.15. The predicted molar refractivity (Wildman–Crippen MR) is 68.5 cm³/mol. The second kappa shape index (κ2) is 6.00. The summed E-state index contributed by atoms with van der Waals surface area (Å²) in [7, 11) is -3.57. The van der Waals surface area contributed by atoms with Crippen LogP contribution in [0.15, 0.2) is 22.7 Å². The number of anilines is 1. The summed E-state index contributed by atoms with van der Waals surface area (Å²) in [5, 5.41) is 0. The van der Waals surface area contributed by atoms with Gasteiger partial charge in [0.2, 0.25) is 10.0 Å². The molecular formula is C10H11BrF3NO3S. The van der Waals surface area contributed by atoms with E-state index in [1.807, 2.05) is 0 Å². The fourth-order valence-electron chi connectivity index (χ4n) is 1.31. The van der Waals surface area contributed by atoms with Crippen molar-refractivity contribution in [1.82, 2.24) is 0 Å². The first-order valence-corrected chi connectivity index (χ1v) is 7.62. The minimum absolute atomic E-state index is 0.00192. The Morgan fingerprint density at radius 2 is 1.95 bits per heavy atom. The van der Waals surface area contributed by atoms with E-state index in [9.17, 15) is 21.6 Å². The Morgan fingerprint density at radius 3 is 2.47 bits per heavy atom. The van der Waals surface area contributed by atoms with Gasteiger partial charge in [-0.2, -0.15) is 0 Å². The van der Waals surface area contributed by atoms with E-state index in [4.69, 9.17) is 0 Å². The SMILES string of the molecule is CCCS(=O)(=O)Nc1cc(Br)cc(OC(F)(F)F)c1. The van der Waals surface area contributed by atoms with Gasteiger partial charge < -0.3 is 4.74 Å². The lowest BCUT2D eigenvalue weighted by Gasteiger charge is -2.12. The van der Waals surface area contributed by atoms with E-state index in [1.165, 1.54) is 6.07 Å². The minimum atomic E-state index is -4.83. The van der Waals surface area contributed by atoms with Crippen molar-refractivity contribution in [2.75, 3.05) is 10.5 Å². The highest BCUT2D eigenvalue weighted by Gasteiger charge is 2.31. The molecule has 0 amide bonds. The van der Waals surface area contributed by atoms with Gasteiger partial charge in [-0.05, 0) is 18.6 Å². The number of alkyl halides is 3. The third-order valence-electron chi connectivity index (χ3n) is 1.85. The smallest absolute Gasteiger partial charge is 0.406 e. The van der Waals surface area contributed by atoms with Gasteiger partial charge in [-0.1, -0.05) is 22.9 Å². The summed E-state index contributed by atoms with van der Waals surface area (Å²) in [6.07, 6.45) is -4.43. The highest BCUT2D eigenvalue weighted by Crippen LogP contribution is 2.29. The van der Waals surface area contributed by atoms with Gasteiger partial charge in [0.15, 0.2) is 0 Å². The molecular weight excluding hydrogens is 351 g/mol. The predicted octanol–water partition coefficient (Wildman–Crippen LogP) is 3.50. The van der Waals surface area contributed by atoms with E-state index in [-0.39, 0.29) is 15.9 Å². The van der Waals surface area contributed by atoms with Crippen molar-refractivity contribution in [2.24, 2.45) is 0 Å². The molecule has 0 aliphatic heterocycles. The van der Waals surface area contributed by atoms with Gasteiger partial charge in [-0.25, -0.2) is 8.42 Å². The minimum Gasteiger partial charge on any atom is -0.406 e. The van der Waals surface area contributed by atoms with Crippen molar-refractivity contribution < 1.29 is 26.3 Å². The van der Waals surface area contributed by atoms with Gasteiger partial charge in [0, 0.05) is 10.5 Å². The zero-order valence-electron chi connectivity index (χ0n) is 9.79. The Bertz CT molecular complexity index is 545. The van der Waals surface area contributed by atoms with E-state index in [2.05, 4.69) is 25.4 Å². The Hall–Kier alpha value is -0.960. The van der Waals surface area contributed by atoms with Gasteiger partial charge in [-0.3, -0.25) is 4.72 Å². The van der Waals surface area contributed by atoms with Crippen LogP contribution in [0.4, 0.5) is 18.9 Å². The summed E-state index contributed by atoms with van der Waals surface area (Å²) >= 11 is 2.98. The van der Waals surface area contributed by atoms with E-state index in [1.54, 1.807) is 6.92 Å². The maximum atomic E-state index is 12.1. The number of rotatable bonds is 5. The molecule has 4 nitrogen and oxygen atoms in total. The molecule has 1 aromatic rings. The average Bonchev–Trinajstić information content (AvgIpc) is 2.11. The van der Waals surface area contributed by atoms with Crippen LogP contribution in [0.1, 0.15) is 13.3 Å². The molecule has 0 saturated heterocycles. The first-order valence-electron chi connectivity index (χ1n) is 5.18. The summed E-state index contributed by atoms with van der Waals surface area (Å²) in [5.74, 6) is -0.620. The van der Waals surface area contributed by atoms with Crippen LogP contribution in [0.2, 0.25) is 0 Å². The number of benzene rings is 1. The molecule has 0 aliphatic carbocycles. The van der Waals surface area contributed by atoms with Gasteiger partial charge in [0.05, 0.1) is 11.4 Å². The highest BCUT2D eigenvalue weighted by molar-refractivity contribution is 9.10. The first-order chi connectivity index (χ1) is 8.61. The topological polar surface area (TPSA) is 55.4 Å². The third-order valence-corrected chi connectivity index (χ3v) is 3.80. The van der Waals surface area contributed by atoms with Crippen LogP contribution in [0.25, 0.3) is 0 Å². The van der Waals surface area contributed by atoms with Crippen LogP contribution >= 0.6 is 15.9 Å². The molecule has 1 N–H and O–H groups in total. The van der Waals surface area contributed by atoms with E-state index in [0.29, 0.717) is 6.42 Å². The molecule has 108 valence electrons. The molecule has 0 bridgehead atoms. The molecule has 0 heterocycles. The summed E-state index contributed by atoms with van der Waals surface area (Å²) in [6, 6.07) is 3.40. The molecule has 0 radical (unpaired) electrons. The quantitative estimate of drug-likeness (QED) is 0.872. The molecule has 1 aromatic carbocycles. The van der Waals surface area contributed by atoms with Crippen molar-refractivity contribution in [2.45, 2.75) is 19.7 Å². The molecule has 0 fully saturated rings. The maximum Gasteiger partial charge on any atom is 0.573 e. The molecule has 0 aromatic heterocycles. The summed E-state index contributed by atoms with van der Waals surface area (Å²) < 4.78 is 65.5. The lowest BCUT2D eigenvalue weighted by atomic mass is 10.3. The largest absolute Gasteiger partial charge is 0.573 e. The lowest BCUT2D eigenvalue weighted by Crippen LogP contribution is -2.18. The fraction of sp³-hybridized carbons (Fsp3) is 0.400. The molecule has 0 unspecified atom stereocenters. The second-order valence-corrected chi connectivity index (χ2v) is 6.40. The van der Waals surface area contributed by atoms with Crippen molar-refractivity contribution in [3.8, 4) is 5.75 Å². The second-order valence-electron chi connectivity index (χ2n) is 3.64. The van der Waals surface area contributed by atoms with Crippen LogP contribution < -0.4 is 9.46 Å². The van der Waals surface area contributed by atoms with Crippen LogP contribution in [-0.2, 0) is 10.0 Å².